The molecule has 0 saturated carbocycles. The topological polar surface area (TPSA) is 50.3 Å². The van der Waals surface area contributed by atoms with E-state index in [0.717, 1.165) is 48.4 Å². The van der Waals surface area contributed by atoms with Gasteiger partial charge in [0.1, 0.15) is 17.0 Å². The maximum atomic E-state index is 12.6. The molecule has 0 radical (unpaired) electrons. The molecule has 0 N–H and O–H groups in total. The van der Waals surface area contributed by atoms with E-state index in [0.29, 0.717) is 12.1 Å². The predicted molar refractivity (Wildman–Crippen MR) is 91.7 cm³/mol. The van der Waals surface area contributed by atoms with Gasteiger partial charge < -0.3 is 9.69 Å². The summed E-state index contributed by atoms with van der Waals surface area (Å²) in [4.78, 5) is 29.9. The van der Waals surface area contributed by atoms with Gasteiger partial charge in [-0.2, -0.15) is 0 Å². The monoisotopic (exact) mass is 328 g/mol. The molecule has 1 saturated heterocycles. The highest BCUT2D eigenvalue weighted by molar-refractivity contribution is 7.13. The van der Waals surface area contributed by atoms with Crippen LogP contribution in [0.4, 0.5) is 0 Å². The molecule has 1 aromatic heterocycles. The van der Waals surface area contributed by atoms with E-state index < -0.39 is 0 Å². The van der Waals surface area contributed by atoms with Crippen LogP contribution in [-0.2, 0) is 11.2 Å². The second-order valence-corrected chi connectivity index (χ2v) is 6.63. The second kappa shape index (κ2) is 7.51. The van der Waals surface area contributed by atoms with Crippen molar-refractivity contribution >= 4 is 23.5 Å². The maximum absolute atomic E-state index is 12.6. The number of rotatable bonds is 4. The molecule has 0 unspecified atom stereocenters. The van der Waals surface area contributed by atoms with Crippen LogP contribution in [0.3, 0.4) is 0 Å². The highest BCUT2D eigenvalue weighted by Crippen LogP contribution is 2.28. The predicted octanol–water partition coefficient (Wildman–Crippen LogP) is 3.57. The zero-order valence-electron chi connectivity index (χ0n) is 13.0. The van der Waals surface area contributed by atoms with E-state index in [1.54, 1.807) is 0 Å². The Morgan fingerprint density at radius 1 is 1.17 bits per heavy atom. The lowest BCUT2D eigenvalue weighted by molar-refractivity contribution is -0.107. The first-order chi connectivity index (χ1) is 11.3. The number of thiazole rings is 1. The van der Waals surface area contributed by atoms with E-state index >= 15 is 0 Å². The van der Waals surface area contributed by atoms with Crippen molar-refractivity contribution in [2.75, 3.05) is 13.1 Å². The van der Waals surface area contributed by atoms with Crippen LogP contribution in [0, 0.1) is 0 Å². The third-order valence-corrected chi connectivity index (χ3v) is 5.04. The quantitative estimate of drug-likeness (QED) is 0.806. The van der Waals surface area contributed by atoms with Gasteiger partial charge in [-0.25, -0.2) is 4.98 Å². The van der Waals surface area contributed by atoms with Gasteiger partial charge in [0.25, 0.3) is 5.91 Å². The molecule has 0 bridgehead atoms. The summed E-state index contributed by atoms with van der Waals surface area (Å²) in [6, 6.07) is 7.74. The summed E-state index contributed by atoms with van der Waals surface area (Å²) in [7, 11) is 0. The molecule has 2 aromatic rings. The molecule has 1 fully saturated rings. The van der Waals surface area contributed by atoms with Crippen molar-refractivity contribution in [3.63, 3.8) is 0 Å². The fourth-order valence-corrected chi connectivity index (χ4v) is 3.78. The van der Waals surface area contributed by atoms with Crippen molar-refractivity contribution in [2.24, 2.45) is 0 Å². The van der Waals surface area contributed by atoms with Crippen LogP contribution in [0.2, 0.25) is 0 Å². The Morgan fingerprint density at radius 3 is 2.65 bits per heavy atom. The van der Waals surface area contributed by atoms with Crippen LogP contribution in [-0.4, -0.2) is 35.2 Å². The van der Waals surface area contributed by atoms with E-state index in [-0.39, 0.29) is 5.91 Å². The van der Waals surface area contributed by atoms with Gasteiger partial charge in [-0.15, -0.1) is 11.3 Å². The minimum absolute atomic E-state index is 0.0299. The lowest BCUT2D eigenvalue weighted by atomic mass is 10.1. The number of benzene rings is 1. The largest absolute Gasteiger partial charge is 0.337 e. The summed E-state index contributed by atoms with van der Waals surface area (Å²) in [6.45, 7) is 1.65. The van der Waals surface area contributed by atoms with Gasteiger partial charge in [-0.05, 0) is 18.4 Å². The molecule has 5 heteroatoms. The van der Waals surface area contributed by atoms with Crippen LogP contribution in [0.15, 0.2) is 29.6 Å². The number of likely N-dealkylation sites (tertiary alicyclic amines) is 1. The Balaban J connectivity index is 1.82. The molecule has 0 atom stereocenters. The Bertz CT molecular complexity index is 688. The molecule has 3 rings (SSSR count). The molecular formula is C18H20N2O2S. The Labute approximate surface area is 140 Å². The summed E-state index contributed by atoms with van der Waals surface area (Å²) in [5.74, 6) is 0.0299. The first kappa shape index (κ1) is 15.9. The van der Waals surface area contributed by atoms with Crippen LogP contribution >= 0.6 is 11.3 Å². The highest BCUT2D eigenvalue weighted by atomic mass is 32.1. The summed E-state index contributed by atoms with van der Waals surface area (Å²) in [6.07, 6.45) is 5.81. The number of aldehydes is 1. The van der Waals surface area contributed by atoms with Gasteiger partial charge in [0.15, 0.2) is 0 Å². The number of hydrogen-bond acceptors (Lipinski definition) is 4. The third kappa shape index (κ3) is 3.67. The van der Waals surface area contributed by atoms with Crippen molar-refractivity contribution < 1.29 is 9.59 Å². The lowest BCUT2D eigenvalue weighted by Gasteiger charge is -2.18. The van der Waals surface area contributed by atoms with Crippen molar-refractivity contribution in [3.8, 4) is 10.6 Å². The number of carbonyl (C=O) groups excluding carboxylic acids is 2. The first-order valence-electron chi connectivity index (χ1n) is 8.06. The van der Waals surface area contributed by atoms with Crippen molar-refractivity contribution in [1.82, 2.24) is 9.88 Å². The first-order valence-corrected chi connectivity index (χ1v) is 8.94. The zero-order valence-corrected chi connectivity index (χ0v) is 13.8. The molecule has 120 valence electrons. The van der Waals surface area contributed by atoms with Gasteiger partial charge >= 0.3 is 0 Å². The Morgan fingerprint density at radius 2 is 1.91 bits per heavy atom. The number of hydrogen-bond donors (Lipinski definition) is 0. The van der Waals surface area contributed by atoms with Gasteiger partial charge in [0.05, 0.1) is 0 Å². The molecule has 1 amide bonds. The molecule has 4 nitrogen and oxygen atoms in total. The van der Waals surface area contributed by atoms with Crippen molar-refractivity contribution in [1.29, 1.82) is 0 Å². The zero-order chi connectivity index (χ0) is 16.1. The van der Waals surface area contributed by atoms with Crippen molar-refractivity contribution in [2.45, 2.75) is 32.1 Å². The SMILES string of the molecule is O=CCc1ccccc1-c1nc(C(=O)N2CCCCCC2)cs1. The fraction of sp³-hybridized carbons (Fsp3) is 0.389. The fourth-order valence-electron chi connectivity index (χ4n) is 2.93. The Hall–Kier alpha value is -2.01. The molecule has 23 heavy (non-hydrogen) atoms. The molecule has 2 heterocycles. The number of nitrogens with zero attached hydrogens (tertiary/aromatic N) is 2. The molecule has 0 spiro atoms. The van der Waals surface area contributed by atoms with Crippen molar-refractivity contribution in [3.05, 3.63) is 40.9 Å². The summed E-state index contributed by atoms with van der Waals surface area (Å²) < 4.78 is 0. The van der Waals surface area contributed by atoms with Crippen LogP contribution in [0.25, 0.3) is 10.6 Å². The van der Waals surface area contributed by atoms with E-state index in [1.807, 2.05) is 34.5 Å². The minimum Gasteiger partial charge on any atom is -0.337 e. The number of aromatic nitrogens is 1. The minimum atomic E-state index is 0.0299. The smallest absolute Gasteiger partial charge is 0.273 e. The summed E-state index contributed by atoms with van der Waals surface area (Å²) >= 11 is 1.47. The summed E-state index contributed by atoms with van der Waals surface area (Å²) in [5, 5.41) is 2.64. The van der Waals surface area contributed by atoms with Gasteiger partial charge in [-0.1, -0.05) is 37.1 Å². The van der Waals surface area contributed by atoms with Crippen LogP contribution in [0.1, 0.15) is 41.7 Å². The van der Waals surface area contributed by atoms with E-state index in [4.69, 9.17) is 0 Å². The third-order valence-electron chi connectivity index (χ3n) is 4.17. The highest BCUT2D eigenvalue weighted by Gasteiger charge is 2.20. The second-order valence-electron chi connectivity index (χ2n) is 5.77. The van der Waals surface area contributed by atoms with Crippen LogP contribution < -0.4 is 0 Å². The van der Waals surface area contributed by atoms with Crippen LogP contribution in [0.5, 0.6) is 0 Å². The molecule has 1 aliphatic heterocycles. The van der Waals surface area contributed by atoms with Gasteiger partial charge in [-0.3, -0.25) is 4.79 Å². The molecular weight excluding hydrogens is 308 g/mol. The van der Waals surface area contributed by atoms with E-state index in [9.17, 15) is 9.59 Å². The standard InChI is InChI=1S/C18H20N2O2S/c21-12-9-14-7-3-4-8-15(14)17-19-16(13-23-17)18(22)20-10-5-1-2-6-11-20/h3-4,7-8,12-13H,1-2,5-6,9-11H2. The number of amides is 1. The molecule has 1 aliphatic rings. The van der Waals surface area contributed by atoms with Gasteiger partial charge in [0, 0.05) is 30.5 Å². The van der Waals surface area contributed by atoms with Gasteiger partial charge in [0.2, 0.25) is 0 Å². The summed E-state index contributed by atoms with van der Waals surface area (Å²) in [5.41, 5.74) is 2.41. The average molecular weight is 328 g/mol. The lowest BCUT2D eigenvalue weighted by Crippen LogP contribution is -2.32. The average Bonchev–Trinajstić information content (AvgIpc) is 2.90. The molecule has 1 aromatic carbocycles. The van der Waals surface area contributed by atoms with E-state index in [1.165, 1.54) is 24.2 Å². The number of carbonyl (C=O) groups is 2. The van der Waals surface area contributed by atoms with E-state index in [2.05, 4.69) is 4.98 Å². The normalized spacial score (nSPS) is 15.2. The maximum Gasteiger partial charge on any atom is 0.273 e. The Kier molecular flexibility index (Phi) is 5.18. The molecule has 0 aliphatic carbocycles.